The molecule has 178 valence electrons. The van der Waals surface area contributed by atoms with Crippen LogP contribution in [0.15, 0.2) is 36.5 Å². The molecule has 2 amide bonds. The van der Waals surface area contributed by atoms with E-state index >= 15 is 0 Å². The third-order valence-corrected chi connectivity index (χ3v) is 5.88. The van der Waals surface area contributed by atoms with Gasteiger partial charge in [0, 0.05) is 41.9 Å². The average Bonchev–Trinajstić information content (AvgIpc) is 2.77. The number of pyridine rings is 1. The van der Waals surface area contributed by atoms with Crippen molar-refractivity contribution < 1.29 is 27.5 Å². The number of rotatable bonds is 6. The second-order valence-corrected chi connectivity index (χ2v) is 8.63. The van der Waals surface area contributed by atoms with Crippen LogP contribution in [0.4, 0.5) is 13.2 Å². The van der Waals surface area contributed by atoms with Gasteiger partial charge in [-0.1, -0.05) is 23.7 Å². The number of methoxy groups -OCH3 is 1. The van der Waals surface area contributed by atoms with E-state index in [1.54, 1.807) is 36.5 Å². The van der Waals surface area contributed by atoms with Crippen LogP contribution >= 0.6 is 11.6 Å². The van der Waals surface area contributed by atoms with Gasteiger partial charge in [-0.25, -0.2) is 4.98 Å². The number of carbonyl (C=O) groups is 2. The number of nitrogens with zero attached hydrogens (tertiary/aromatic N) is 1. The van der Waals surface area contributed by atoms with E-state index in [1.807, 2.05) is 0 Å². The highest BCUT2D eigenvalue weighted by Gasteiger charge is 2.52. The quantitative estimate of drug-likeness (QED) is 0.580. The zero-order valence-corrected chi connectivity index (χ0v) is 19.0. The maximum Gasteiger partial charge on any atom is 0.402 e. The monoisotopic (exact) mass is 484 g/mol. The van der Waals surface area contributed by atoms with Crippen molar-refractivity contribution in [2.24, 2.45) is 5.41 Å². The number of hydrogen-bond acceptors (Lipinski definition) is 5. The van der Waals surface area contributed by atoms with Crippen LogP contribution in [0.3, 0.4) is 0 Å². The lowest BCUT2D eigenvalue weighted by Gasteiger charge is -2.32. The van der Waals surface area contributed by atoms with Gasteiger partial charge >= 0.3 is 6.18 Å². The Balaban J connectivity index is 1.76. The predicted octanol–water partition coefficient (Wildman–Crippen LogP) is 3.80. The van der Waals surface area contributed by atoms with Crippen LogP contribution in [0.25, 0.3) is 0 Å². The van der Waals surface area contributed by atoms with Gasteiger partial charge in [0.15, 0.2) is 0 Å². The molecule has 1 fully saturated rings. The molecule has 2 aromatic rings. The number of halogens is 4. The van der Waals surface area contributed by atoms with Gasteiger partial charge in [0.2, 0.25) is 17.7 Å². The van der Waals surface area contributed by atoms with E-state index in [0.29, 0.717) is 22.0 Å². The van der Waals surface area contributed by atoms with Crippen molar-refractivity contribution in [3.8, 4) is 5.88 Å². The first-order valence-corrected chi connectivity index (χ1v) is 10.5. The van der Waals surface area contributed by atoms with Crippen LogP contribution in [0.1, 0.15) is 49.2 Å². The van der Waals surface area contributed by atoms with E-state index in [2.05, 4.69) is 20.9 Å². The molecule has 11 heteroatoms. The molecule has 0 radical (unpaired) electrons. The normalized spacial score (nSPS) is 19.1. The molecule has 1 aromatic heterocycles. The Hall–Kier alpha value is -2.85. The highest BCUT2D eigenvalue weighted by molar-refractivity contribution is 6.31. The second-order valence-electron chi connectivity index (χ2n) is 8.22. The molecular weight excluding hydrogens is 461 g/mol. The minimum absolute atomic E-state index is 0.130. The van der Waals surface area contributed by atoms with E-state index in [9.17, 15) is 22.8 Å². The van der Waals surface area contributed by atoms with Crippen LogP contribution in [-0.4, -0.2) is 30.1 Å². The largest absolute Gasteiger partial charge is 0.481 e. The standard InChI is InChI=1S/C22H24ClF3N4O3/c1-21(2,22(24,25)26)20(32)28-10-12-4-6-15(23)14(8-12)19-29-16(9-17(31)30-19)13-5-7-18(33-3)27-11-13/h4-8,11,16,19,29H,9-10H2,1-3H3,(H,28,32)(H,30,31). The first-order chi connectivity index (χ1) is 15.4. The van der Waals surface area contributed by atoms with Crippen molar-refractivity contribution in [3.05, 3.63) is 58.2 Å². The minimum atomic E-state index is -4.68. The Morgan fingerprint density at radius 3 is 2.61 bits per heavy atom. The molecule has 1 saturated heterocycles. The fourth-order valence-electron chi connectivity index (χ4n) is 3.26. The molecule has 2 unspecified atom stereocenters. The van der Waals surface area contributed by atoms with E-state index in [4.69, 9.17) is 16.3 Å². The molecular formula is C22H24ClF3N4O3. The summed E-state index contributed by atoms with van der Waals surface area (Å²) >= 11 is 6.35. The van der Waals surface area contributed by atoms with Crippen molar-refractivity contribution >= 4 is 23.4 Å². The molecule has 2 atom stereocenters. The van der Waals surface area contributed by atoms with E-state index in [0.717, 1.165) is 19.4 Å². The smallest absolute Gasteiger partial charge is 0.402 e. The molecule has 3 N–H and O–H groups in total. The predicted molar refractivity (Wildman–Crippen MR) is 115 cm³/mol. The highest BCUT2D eigenvalue weighted by atomic mass is 35.5. The van der Waals surface area contributed by atoms with Gasteiger partial charge < -0.3 is 15.4 Å². The number of nitrogens with one attached hydrogen (secondary N) is 3. The third-order valence-electron chi connectivity index (χ3n) is 5.53. The lowest BCUT2D eigenvalue weighted by Crippen LogP contribution is -2.47. The Kier molecular flexibility index (Phi) is 7.18. The summed E-state index contributed by atoms with van der Waals surface area (Å²) in [5, 5.41) is 8.79. The van der Waals surface area contributed by atoms with Crippen LogP contribution in [-0.2, 0) is 16.1 Å². The zero-order chi connectivity index (χ0) is 24.4. The fraction of sp³-hybridized carbons (Fsp3) is 0.409. The van der Waals surface area contributed by atoms with Gasteiger partial charge in [-0.15, -0.1) is 0 Å². The minimum Gasteiger partial charge on any atom is -0.481 e. The number of ether oxygens (including phenoxy) is 1. The summed E-state index contributed by atoms with van der Waals surface area (Å²) in [7, 11) is 1.51. The van der Waals surface area contributed by atoms with Crippen molar-refractivity contribution in [1.82, 2.24) is 20.9 Å². The molecule has 33 heavy (non-hydrogen) atoms. The molecule has 0 spiro atoms. The molecule has 2 heterocycles. The topological polar surface area (TPSA) is 92.4 Å². The maximum atomic E-state index is 13.1. The lowest BCUT2D eigenvalue weighted by molar-refractivity contribution is -0.211. The summed E-state index contributed by atoms with van der Waals surface area (Å²) in [6, 6.07) is 7.96. The molecule has 1 aliphatic rings. The summed E-state index contributed by atoms with van der Waals surface area (Å²) in [6.07, 6.45) is -3.52. The number of alkyl halides is 3. The summed E-state index contributed by atoms with van der Waals surface area (Å²) in [5.74, 6) is -0.897. The van der Waals surface area contributed by atoms with Crippen LogP contribution in [0.5, 0.6) is 5.88 Å². The number of benzene rings is 1. The Morgan fingerprint density at radius 1 is 1.27 bits per heavy atom. The first-order valence-electron chi connectivity index (χ1n) is 10.1. The van der Waals surface area contributed by atoms with Crippen LogP contribution < -0.4 is 20.7 Å². The van der Waals surface area contributed by atoms with E-state index in [1.165, 1.54) is 7.11 Å². The summed E-state index contributed by atoms with van der Waals surface area (Å²) in [5.41, 5.74) is -0.687. The average molecular weight is 485 g/mol. The van der Waals surface area contributed by atoms with Crippen LogP contribution in [0, 0.1) is 5.41 Å². The van der Waals surface area contributed by atoms with Crippen molar-refractivity contribution in [2.45, 2.75) is 45.2 Å². The maximum absolute atomic E-state index is 13.1. The molecule has 0 bridgehead atoms. The van der Waals surface area contributed by atoms with Crippen molar-refractivity contribution in [2.75, 3.05) is 7.11 Å². The number of hydrogen-bond donors (Lipinski definition) is 3. The van der Waals surface area contributed by atoms with E-state index < -0.39 is 23.7 Å². The van der Waals surface area contributed by atoms with Gasteiger partial charge in [0.1, 0.15) is 11.6 Å². The molecule has 1 aromatic carbocycles. The fourth-order valence-corrected chi connectivity index (χ4v) is 3.49. The zero-order valence-electron chi connectivity index (χ0n) is 18.2. The van der Waals surface area contributed by atoms with Gasteiger partial charge in [-0.2, -0.15) is 13.2 Å². The van der Waals surface area contributed by atoms with Crippen molar-refractivity contribution in [3.63, 3.8) is 0 Å². The van der Waals surface area contributed by atoms with Crippen molar-refractivity contribution in [1.29, 1.82) is 0 Å². The van der Waals surface area contributed by atoms with E-state index in [-0.39, 0.29) is 24.9 Å². The first kappa shape index (κ1) is 24.8. The lowest BCUT2D eigenvalue weighted by atomic mass is 9.91. The summed E-state index contributed by atoms with van der Waals surface area (Å²) in [4.78, 5) is 28.6. The second kappa shape index (κ2) is 9.56. The summed E-state index contributed by atoms with van der Waals surface area (Å²) < 4.78 is 44.3. The molecule has 0 saturated carbocycles. The Bertz CT molecular complexity index is 1030. The third kappa shape index (κ3) is 5.56. The Labute approximate surface area is 194 Å². The van der Waals surface area contributed by atoms with Gasteiger partial charge in [0.25, 0.3) is 0 Å². The molecule has 7 nitrogen and oxygen atoms in total. The molecule has 1 aliphatic heterocycles. The van der Waals surface area contributed by atoms with Gasteiger partial charge in [-0.05, 0) is 37.1 Å². The number of aromatic nitrogens is 1. The number of carbonyl (C=O) groups excluding carboxylic acids is 2. The van der Waals surface area contributed by atoms with Gasteiger partial charge in [0.05, 0.1) is 7.11 Å². The summed E-state index contributed by atoms with van der Waals surface area (Å²) in [6.45, 7) is 1.52. The molecule has 3 rings (SSSR count). The number of amides is 2. The SMILES string of the molecule is COc1ccc(C2CC(=O)NC(c3cc(CNC(=O)C(C)(C)C(F)(F)F)ccc3Cl)N2)cn1. The molecule has 0 aliphatic carbocycles. The van der Waals surface area contributed by atoms with Gasteiger partial charge in [-0.3, -0.25) is 14.9 Å². The highest BCUT2D eigenvalue weighted by Crippen LogP contribution is 2.37. The Morgan fingerprint density at radius 2 is 2.00 bits per heavy atom. The van der Waals surface area contributed by atoms with Crippen LogP contribution in [0.2, 0.25) is 5.02 Å².